The molecule has 1 aromatic rings. The Balaban J connectivity index is 1.92. The minimum absolute atomic E-state index is 0.0483. The number of nitrogens with one attached hydrogen (secondary N) is 2. The van der Waals surface area contributed by atoms with Gasteiger partial charge in [0.1, 0.15) is 0 Å². The molecule has 1 aromatic heterocycles. The molecule has 1 fully saturated rings. The second kappa shape index (κ2) is 4.70. The van der Waals surface area contributed by atoms with Crippen molar-refractivity contribution >= 4 is 17.7 Å². The molecule has 2 aliphatic heterocycles. The number of aromatic nitrogens is 2. The Morgan fingerprint density at radius 3 is 3.12 bits per heavy atom. The van der Waals surface area contributed by atoms with E-state index in [1.807, 2.05) is 0 Å². The highest BCUT2D eigenvalue weighted by atomic mass is 32.2. The van der Waals surface area contributed by atoms with Crippen molar-refractivity contribution in [2.75, 3.05) is 31.1 Å². The van der Waals surface area contributed by atoms with Crippen molar-refractivity contribution in [3.05, 3.63) is 21.6 Å². The van der Waals surface area contributed by atoms with E-state index < -0.39 is 0 Å². The predicted molar refractivity (Wildman–Crippen MR) is 69.6 cm³/mol. The fourth-order valence-electron chi connectivity index (χ4n) is 2.26. The van der Waals surface area contributed by atoms with Gasteiger partial charge in [0, 0.05) is 36.7 Å². The first-order chi connectivity index (χ1) is 8.34. The van der Waals surface area contributed by atoms with Crippen molar-refractivity contribution in [3.63, 3.8) is 0 Å². The van der Waals surface area contributed by atoms with E-state index in [0.717, 1.165) is 61.3 Å². The molecule has 2 aliphatic rings. The summed E-state index contributed by atoms with van der Waals surface area (Å²) in [6.45, 7) is 3.87. The fourth-order valence-corrected chi connectivity index (χ4v) is 3.29. The SMILES string of the molecule is O=c1[nH]c(N2CCCNCC2)nc2c1CSC2. The monoisotopic (exact) mass is 252 g/mol. The van der Waals surface area contributed by atoms with Crippen LogP contribution in [0.4, 0.5) is 5.95 Å². The molecular formula is C11H16N4OS. The molecule has 6 heteroatoms. The second-order valence-electron chi connectivity index (χ2n) is 4.40. The van der Waals surface area contributed by atoms with Gasteiger partial charge in [-0.3, -0.25) is 9.78 Å². The van der Waals surface area contributed by atoms with E-state index in [-0.39, 0.29) is 5.56 Å². The molecule has 0 radical (unpaired) electrons. The fraction of sp³-hybridized carbons (Fsp3) is 0.636. The number of fused-ring (bicyclic) bond motifs is 1. The first kappa shape index (κ1) is 11.1. The van der Waals surface area contributed by atoms with E-state index in [0.29, 0.717) is 0 Å². The first-order valence-electron chi connectivity index (χ1n) is 6.00. The van der Waals surface area contributed by atoms with E-state index in [1.54, 1.807) is 11.8 Å². The predicted octanol–water partition coefficient (Wildman–Crippen LogP) is 0.316. The van der Waals surface area contributed by atoms with Crippen molar-refractivity contribution in [1.82, 2.24) is 15.3 Å². The Labute approximate surface area is 104 Å². The first-order valence-corrected chi connectivity index (χ1v) is 7.15. The number of nitrogens with zero attached hydrogens (tertiary/aromatic N) is 2. The molecule has 1 saturated heterocycles. The highest BCUT2D eigenvalue weighted by molar-refractivity contribution is 7.98. The van der Waals surface area contributed by atoms with E-state index in [9.17, 15) is 4.79 Å². The zero-order valence-electron chi connectivity index (χ0n) is 9.66. The average molecular weight is 252 g/mol. The highest BCUT2D eigenvalue weighted by Gasteiger charge is 2.20. The van der Waals surface area contributed by atoms with Gasteiger partial charge in [-0.25, -0.2) is 4.98 Å². The highest BCUT2D eigenvalue weighted by Crippen LogP contribution is 2.26. The third kappa shape index (κ3) is 2.19. The van der Waals surface area contributed by atoms with Crippen LogP contribution < -0.4 is 15.8 Å². The van der Waals surface area contributed by atoms with Gasteiger partial charge < -0.3 is 10.2 Å². The Bertz CT molecular complexity index is 465. The topological polar surface area (TPSA) is 61.0 Å². The number of aromatic amines is 1. The van der Waals surface area contributed by atoms with Crippen molar-refractivity contribution in [2.45, 2.75) is 17.9 Å². The minimum Gasteiger partial charge on any atom is -0.341 e. The summed E-state index contributed by atoms with van der Waals surface area (Å²) in [4.78, 5) is 21.6. The number of H-pyrrole nitrogens is 1. The number of thioether (sulfide) groups is 1. The summed E-state index contributed by atoms with van der Waals surface area (Å²) in [6.07, 6.45) is 1.09. The molecule has 0 saturated carbocycles. The molecule has 0 spiro atoms. The lowest BCUT2D eigenvalue weighted by atomic mass is 10.3. The van der Waals surface area contributed by atoms with Gasteiger partial charge >= 0.3 is 0 Å². The number of hydrogen-bond acceptors (Lipinski definition) is 5. The zero-order chi connectivity index (χ0) is 11.7. The maximum Gasteiger partial charge on any atom is 0.256 e. The molecule has 3 rings (SSSR count). The third-order valence-electron chi connectivity index (χ3n) is 3.21. The summed E-state index contributed by atoms with van der Waals surface area (Å²) in [7, 11) is 0. The van der Waals surface area contributed by atoms with E-state index in [1.165, 1.54) is 0 Å². The Morgan fingerprint density at radius 2 is 2.18 bits per heavy atom. The normalized spacial score (nSPS) is 20.1. The van der Waals surface area contributed by atoms with Gasteiger partial charge in [0.05, 0.1) is 5.69 Å². The van der Waals surface area contributed by atoms with E-state index >= 15 is 0 Å². The largest absolute Gasteiger partial charge is 0.341 e. The van der Waals surface area contributed by atoms with Crippen LogP contribution in [0.5, 0.6) is 0 Å². The Hall–Kier alpha value is -1.01. The van der Waals surface area contributed by atoms with Crippen molar-refractivity contribution < 1.29 is 0 Å². The van der Waals surface area contributed by atoms with Gasteiger partial charge in [0.2, 0.25) is 5.95 Å². The van der Waals surface area contributed by atoms with Crippen LogP contribution in [0.1, 0.15) is 17.7 Å². The molecule has 2 N–H and O–H groups in total. The Kier molecular flexibility index (Phi) is 3.07. The van der Waals surface area contributed by atoms with Gasteiger partial charge in [0.25, 0.3) is 5.56 Å². The molecule has 0 amide bonds. The van der Waals surface area contributed by atoms with Crippen LogP contribution in [0, 0.1) is 0 Å². The minimum atomic E-state index is 0.0483. The third-order valence-corrected chi connectivity index (χ3v) is 4.18. The number of rotatable bonds is 1. The lowest BCUT2D eigenvalue weighted by Crippen LogP contribution is -2.31. The standard InChI is InChI=1S/C11H16N4OS/c16-10-8-6-17-7-9(8)13-11(14-10)15-4-1-2-12-3-5-15/h12H,1-7H2,(H,13,14,16). The summed E-state index contributed by atoms with van der Waals surface area (Å²) >= 11 is 1.76. The van der Waals surface area contributed by atoms with Crippen LogP contribution in [0.25, 0.3) is 0 Å². The van der Waals surface area contributed by atoms with Crippen LogP contribution >= 0.6 is 11.8 Å². The van der Waals surface area contributed by atoms with Gasteiger partial charge in [-0.05, 0) is 13.0 Å². The van der Waals surface area contributed by atoms with Gasteiger partial charge in [-0.15, -0.1) is 0 Å². The molecule has 92 valence electrons. The molecule has 17 heavy (non-hydrogen) atoms. The average Bonchev–Trinajstić information content (AvgIpc) is 2.63. The summed E-state index contributed by atoms with van der Waals surface area (Å²) < 4.78 is 0. The van der Waals surface area contributed by atoms with E-state index in [2.05, 4.69) is 20.2 Å². The summed E-state index contributed by atoms with van der Waals surface area (Å²) in [6, 6.07) is 0. The molecule has 0 aromatic carbocycles. The molecule has 0 bridgehead atoms. The molecule has 5 nitrogen and oxygen atoms in total. The lowest BCUT2D eigenvalue weighted by Gasteiger charge is -2.20. The van der Waals surface area contributed by atoms with Gasteiger partial charge in [-0.2, -0.15) is 11.8 Å². The number of hydrogen-bond donors (Lipinski definition) is 2. The van der Waals surface area contributed by atoms with Crippen LogP contribution in [0.3, 0.4) is 0 Å². The van der Waals surface area contributed by atoms with Crippen molar-refractivity contribution in [1.29, 1.82) is 0 Å². The second-order valence-corrected chi connectivity index (χ2v) is 5.38. The van der Waals surface area contributed by atoms with Gasteiger partial charge in [-0.1, -0.05) is 0 Å². The maximum atomic E-state index is 11.9. The maximum absolute atomic E-state index is 11.9. The molecule has 0 atom stereocenters. The van der Waals surface area contributed by atoms with E-state index in [4.69, 9.17) is 0 Å². The van der Waals surface area contributed by atoms with Crippen LogP contribution in [0.15, 0.2) is 4.79 Å². The summed E-state index contributed by atoms with van der Waals surface area (Å²) in [5.74, 6) is 2.43. The molecule has 0 aliphatic carbocycles. The molecule has 3 heterocycles. The Morgan fingerprint density at radius 1 is 1.24 bits per heavy atom. The van der Waals surface area contributed by atoms with Crippen LogP contribution in [-0.2, 0) is 11.5 Å². The number of anilines is 1. The van der Waals surface area contributed by atoms with Gasteiger partial charge in [0.15, 0.2) is 0 Å². The van der Waals surface area contributed by atoms with Crippen LogP contribution in [-0.4, -0.2) is 36.1 Å². The molecule has 0 unspecified atom stereocenters. The van der Waals surface area contributed by atoms with Crippen LogP contribution in [0.2, 0.25) is 0 Å². The lowest BCUT2D eigenvalue weighted by molar-refractivity contribution is 0.724. The van der Waals surface area contributed by atoms with Crippen molar-refractivity contribution in [3.8, 4) is 0 Å². The zero-order valence-corrected chi connectivity index (χ0v) is 10.5. The smallest absolute Gasteiger partial charge is 0.256 e. The van der Waals surface area contributed by atoms with Crippen molar-refractivity contribution in [2.24, 2.45) is 0 Å². The summed E-state index contributed by atoms with van der Waals surface area (Å²) in [5.41, 5.74) is 1.89. The molecular weight excluding hydrogens is 236 g/mol. The summed E-state index contributed by atoms with van der Waals surface area (Å²) in [5, 5.41) is 3.35. The quantitative estimate of drug-likeness (QED) is 0.753.